The molecule has 1 fully saturated rings. The molecule has 2 unspecified atom stereocenters. The van der Waals surface area contributed by atoms with Crippen molar-refractivity contribution in [1.82, 2.24) is 0 Å². The van der Waals surface area contributed by atoms with Crippen LogP contribution in [0.2, 0.25) is 0 Å². The van der Waals surface area contributed by atoms with E-state index in [9.17, 15) is 4.21 Å². The maximum Gasteiger partial charge on any atom is 0.120 e. The molecule has 2 atom stereocenters. The number of methoxy groups -OCH3 is 1. The van der Waals surface area contributed by atoms with Crippen molar-refractivity contribution in [3.05, 3.63) is 24.3 Å². The Morgan fingerprint density at radius 2 is 2.17 bits per heavy atom. The molecule has 1 aliphatic rings. The van der Waals surface area contributed by atoms with Crippen LogP contribution < -0.4 is 10.5 Å². The topological polar surface area (TPSA) is 52.3 Å². The normalized spacial score (nSPS) is 19.7. The molecule has 0 spiro atoms. The average Bonchev–Trinajstić information content (AvgIpc) is 2.92. The lowest BCUT2D eigenvalue weighted by molar-refractivity contribution is 0.413. The molecule has 2 rings (SSSR count). The van der Waals surface area contributed by atoms with Crippen LogP contribution in [0.4, 0.5) is 0 Å². The Balaban J connectivity index is 1.97. The molecule has 18 heavy (non-hydrogen) atoms. The fourth-order valence-corrected chi connectivity index (χ4v) is 3.83. The van der Waals surface area contributed by atoms with Gasteiger partial charge < -0.3 is 10.5 Å². The Morgan fingerprint density at radius 1 is 1.44 bits per heavy atom. The zero-order chi connectivity index (χ0) is 13.0. The van der Waals surface area contributed by atoms with Gasteiger partial charge in [0.25, 0.3) is 0 Å². The number of rotatable bonds is 5. The lowest BCUT2D eigenvalue weighted by atomic mass is 10.0. The number of nitrogens with two attached hydrogens (primary N) is 1. The van der Waals surface area contributed by atoms with E-state index in [2.05, 4.69) is 0 Å². The highest BCUT2D eigenvalue weighted by Gasteiger charge is 2.23. The molecule has 3 nitrogen and oxygen atoms in total. The quantitative estimate of drug-likeness (QED) is 0.890. The van der Waals surface area contributed by atoms with Crippen LogP contribution in [0.1, 0.15) is 25.7 Å². The average molecular weight is 267 g/mol. The summed E-state index contributed by atoms with van der Waals surface area (Å²) in [5.74, 6) is 1.85. The molecular weight excluding hydrogens is 246 g/mol. The van der Waals surface area contributed by atoms with Crippen molar-refractivity contribution >= 4 is 10.8 Å². The zero-order valence-electron chi connectivity index (χ0n) is 10.8. The molecule has 1 aliphatic carbocycles. The lowest BCUT2D eigenvalue weighted by Gasteiger charge is -2.18. The molecule has 100 valence electrons. The summed E-state index contributed by atoms with van der Waals surface area (Å²) >= 11 is 0. The van der Waals surface area contributed by atoms with Crippen LogP contribution in [0.3, 0.4) is 0 Å². The Labute approximate surface area is 111 Å². The van der Waals surface area contributed by atoms with E-state index in [0.29, 0.717) is 11.7 Å². The summed E-state index contributed by atoms with van der Waals surface area (Å²) < 4.78 is 17.4. The fourth-order valence-electron chi connectivity index (χ4n) is 2.54. The van der Waals surface area contributed by atoms with Gasteiger partial charge in [0.05, 0.1) is 17.9 Å². The predicted octanol–water partition coefficient (Wildman–Crippen LogP) is 2.32. The van der Waals surface area contributed by atoms with Crippen LogP contribution >= 0.6 is 0 Å². The molecule has 1 saturated carbocycles. The van der Waals surface area contributed by atoms with E-state index in [-0.39, 0.29) is 6.04 Å². The van der Waals surface area contributed by atoms with Crippen molar-refractivity contribution < 1.29 is 8.95 Å². The molecule has 0 saturated heterocycles. The van der Waals surface area contributed by atoms with Crippen molar-refractivity contribution in [3.8, 4) is 5.75 Å². The van der Waals surface area contributed by atoms with Gasteiger partial charge in [0.15, 0.2) is 0 Å². The van der Waals surface area contributed by atoms with Crippen molar-refractivity contribution in [2.75, 3.05) is 12.9 Å². The second-order valence-corrected chi connectivity index (χ2v) is 6.40. The molecule has 1 aromatic rings. The zero-order valence-corrected chi connectivity index (χ0v) is 11.6. The number of ether oxygens (including phenoxy) is 1. The molecular formula is C14H21NO2S. The molecule has 0 aliphatic heterocycles. The monoisotopic (exact) mass is 267 g/mol. The molecule has 4 heteroatoms. The number of hydrogen-bond donors (Lipinski definition) is 1. The van der Waals surface area contributed by atoms with Gasteiger partial charge in [0, 0.05) is 16.7 Å². The molecule has 0 aromatic heterocycles. The third-order valence-corrected chi connectivity index (χ3v) is 5.12. The summed E-state index contributed by atoms with van der Waals surface area (Å²) in [6.07, 6.45) is 4.92. The fraction of sp³-hybridized carbons (Fsp3) is 0.571. The molecule has 2 N–H and O–H groups in total. The van der Waals surface area contributed by atoms with Crippen molar-refractivity contribution in [2.24, 2.45) is 11.7 Å². The van der Waals surface area contributed by atoms with Gasteiger partial charge in [-0.3, -0.25) is 4.21 Å². The van der Waals surface area contributed by atoms with Gasteiger partial charge in [0.2, 0.25) is 0 Å². The highest BCUT2D eigenvalue weighted by atomic mass is 32.2. The Hall–Kier alpha value is -0.870. The van der Waals surface area contributed by atoms with Crippen LogP contribution in [-0.4, -0.2) is 23.1 Å². The van der Waals surface area contributed by atoms with Crippen LogP contribution in [-0.2, 0) is 10.8 Å². The Bertz CT molecular complexity index is 416. The third kappa shape index (κ3) is 3.33. The highest BCUT2D eigenvalue weighted by molar-refractivity contribution is 7.85. The van der Waals surface area contributed by atoms with Crippen LogP contribution in [0.5, 0.6) is 5.75 Å². The van der Waals surface area contributed by atoms with Crippen LogP contribution in [0.25, 0.3) is 0 Å². The van der Waals surface area contributed by atoms with E-state index in [0.717, 1.165) is 10.6 Å². The maximum atomic E-state index is 12.3. The first-order valence-corrected chi connectivity index (χ1v) is 7.80. The van der Waals surface area contributed by atoms with E-state index in [4.69, 9.17) is 10.5 Å². The van der Waals surface area contributed by atoms with Gasteiger partial charge in [-0.05, 0) is 37.0 Å². The van der Waals surface area contributed by atoms with Gasteiger partial charge in [-0.2, -0.15) is 0 Å². The van der Waals surface area contributed by atoms with Gasteiger partial charge in [-0.25, -0.2) is 0 Å². The highest BCUT2D eigenvalue weighted by Crippen LogP contribution is 2.28. The number of hydrogen-bond acceptors (Lipinski definition) is 3. The summed E-state index contributed by atoms with van der Waals surface area (Å²) in [7, 11) is 0.591. The van der Waals surface area contributed by atoms with E-state index < -0.39 is 10.8 Å². The van der Waals surface area contributed by atoms with Gasteiger partial charge in [0.1, 0.15) is 5.75 Å². The van der Waals surface area contributed by atoms with Crippen molar-refractivity contribution in [3.63, 3.8) is 0 Å². The third-order valence-electron chi connectivity index (χ3n) is 3.65. The molecule has 0 amide bonds. The second kappa shape index (κ2) is 6.34. The first kappa shape index (κ1) is 13.6. The van der Waals surface area contributed by atoms with E-state index in [1.165, 1.54) is 25.7 Å². The summed E-state index contributed by atoms with van der Waals surface area (Å²) in [5, 5.41) is 0. The second-order valence-electron chi connectivity index (χ2n) is 4.90. The van der Waals surface area contributed by atoms with Crippen molar-refractivity contribution in [1.29, 1.82) is 0 Å². The largest absolute Gasteiger partial charge is 0.497 e. The summed E-state index contributed by atoms with van der Waals surface area (Å²) in [4.78, 5) is 0.808. The van der Waals surface area contributed by atoms with Crippen LogP contribution in [0, 0.1) is 5.92 Å². The predicted molar refractivity (Wildman–Crippen MR) is 74.2 cm³/mol. The van der Waals surface area contributed by atoms with Crippen molar-refractivity contribution in [2.45, 2.75) is 36.6 Å². The first-order valence-electron chi connectivity index (χ1n) is 6.48. The van der Waals surface area contributed by atoms with E-state index in [1.807, 2.05) is 24.3 Å². The standard InChI is InChI=1S/C14H21NO2S/c1-17-12-7-4-8-13(9-12)18(16)10-14(15)11-5-2-3-6-11/h4,7-9,11,14H,2-3,5-6,10,15H2,1H3. The maximum absolute atomic E-state index is 12.3. The smallest absolute Gasteiger partial charge is 0.120 e. The van der Waals surface area contributed by atoms with E-state index >= 15 is 0 Å². The summed E-state index contributed by atoms with van der Waals surface area (Å²) in [6.45, 7) is 0. The Morgan fingerprint density at radius 3 is 2.83 bits per heavy atom. The SMILES string of the molecule is COc1cccc(S(=O)CC(N)C2CCCC2)c1. The minimum atomic E-state index is -1.03. The first-order chi connectivity index (χ1) is 8.70. The molecule has 0 bridgehead atoms. The Kier molecular flexibility index (Phi) is 4.78. The van der Waals surface area contributed by atoms with E-state index in [1.54, 1.807) is 7.11 Å². The van der Waals surface area contributed by atoms with Gasteiger partial charge in [-0.1, -0.05) is 18.9 Å². The molecule has 0 heterocycles. The van der Waals surface area contributed by atoms with Crippen LogP contribution in [0.15, 0.2) is 29.2 Å². The molecule has 1 aromatic carbocycles. The number of benzene rings is 1. The molecule has 0 radical (unpaired) electrons. The van der Waals surface area contributed by atoms with Gasteiger partial charge >= 0.3 is 0 Å². The minimum absolute atomic E-state index is 0.0551. The lowest BCUT2D eigenvalue weighted by Crippen LogP contribution is -2.34. The summed E-state index contributed by atoms with van der Waals surface area (Å²) in [5.41, 5.74) is 6.16. The minimum Gasteiger partial charge on any atom is -0.497 e. The van der Waals surface area contributed by atoms with Gasteiger partial charge in [-0.15, -0.1) is 0 Å². The summed E-state index contributed by atoms with van der Waals surface area (Å²) in [6, 6.07) is 7.49.